The molecule has 118 valence electrons. The second-order valence-electron chi connectivity index (χ2n) is 4.59. The number of benzene rings is 1. The van der Waals surface area contributed by atoms with Crippen molar-refractivity contribution >= 4 is 21.4 Å². The van der Waals surface area contributed by atoms with E-state index in [1.54, 1.807) is 12.1 Å². The molecule has 0 saturated heterocycles. The number of aliphatic hydroxyl groups excluding tert-OH is 1. The summed E-state index contributed by atoms with van der Waals surface area (Å²) in [6.45, 7) is 0.498. The maximum Gasteiger partial charge on any atom is 0.189 e. The van der Waals surface area contributed by atoms with Gasteiger partial charge in [-0.1, -0.05) is 11.6 Å². The summed E-state index contributed by atoms with van der Waals surface area (Å²) in [7, 11) is -3.35. The molecule has 21 heavy (non-hydrogen) atoms. The molecule has 0 unspecified atom stereocenters. The fourth-order valence-electron chi connectivity index (χ4n) is 2.03. The van der Waals surface area contributed by atoms with Gasteiger partial charge in [0.2, 0.25) is 0 Å². The van der Waals surface area contributed by atoms with Crippen molar-refractivity contribution in [2.45, 2.75) is 12.4 Å². The maximum absolute atomic E-state index is 12.1. The number of hydrogen-bond donors (Lipinski definition) is 1. The molecular weight excluding hydrogens is 320 g/mol. The smallest absolute Gasteiger partial charge is 0.189 e. The summed E-state index contributed by atoms with van der Waals surface area (Å²) in [5.74, 6) is 0.244. The third-order valence-electron chi connectivity index (χ3n) is 2.90. The summed E-state index contributed by atoms with van der Waals surface area (Å²) < 4.78 is 39.7. The predicted octanol–water partition coefficient (Wildman–Crippen LogP) is 1.13. The Hall–Kier alpha value is -0.860. The van der Waals surface area contributed by atoms with E-state index in [9.17, 15) is 8.42 Å². The van der Waals surface area contributed by atoms with Crippen molar-refractivity contribution < 1.29 is 27.7 Å². The van der Waals surface area contributed by atoms with Crippen LogP contribution in [0.1, 0.15) is 11.1 Å². The van der Waals surface area contributed by atoms with Gasteiger partial charge in [-0.3, -0.25) is 0 Å². The lowest BCUT2D eigenvalue weighted by atomic mass is 10.1. The van der Waals surface area contributed by atoms with Crippen LogP contribution in [-0.2, 0) is 31.7 Å². The first kappa shape index (κ1) is 16.5. The van der Waals surface area contributed by atoms with E-state index in [4.69, 9.17) is 30.9 Å². The highest BCUT2D eigenvalue weighted by Crippen LogP contribution is 2.32. The van der Waals surface area contributed by atoms with E-state index in [0.29, 0.717) is 22.9 Å². The van der Waals surface area contributed by atoms with Crippen LogP contribution in [-0.4, -0.2) is 45.9 Å². The summed E-state index contributed by atoms with van der Waals surface area (Å²) in [6, 6.07) is 3.30. The van der Waals surface area contributed by atoms with Gasteiger partial charge < -0.3 is 19.3 Å². The van der Waals surface area contributed by atoms with Crippen LogP contribution in [0.4, 0.5) is 0 Å². The number of fused-ring (bicyclic) bond motifs is 1. The monoisotopic (exact) mass is 336 g/mol. The number of hydrogen-bond acceptors (Lipinski definition) is 6. The van der Waals surface area contributed by atoms with Crippen LogP contribution in [0.25, 0.3) is 0 Å². The molecule has 6 nitrogen and oxygen atoms in total. The summed E-state index contributed by atoms with van der Waals surface area (Å²) in [6.07, 6.45) is 0. The Morgan fingerprint density at radius 2 is 2.14 bits per heavy atom. The first-order valence-corrected chi connectivity index (χ1v) is 8.62. The molecule has 8 heteroatoms. The van der Waals surface area contributed by atoms with E-state index >= 15 is 0 Å². The molecule has 1 aliphatic rings. The van der Waals surface area contributed by atoms with Gasteiger partial charge in [0.15, 0.2) is 16.6 Å². The maximum atomic E-state index is 12.1. The zero-order valence-electron chi connectivity index (χ0n) is 11.4. The standard InChI is InChI=1S/C13H17ClO6S/c14-12-5-10-7-19-9-20-13(10)11(6-12)8-21(16,17)4-3-18-2-1-15/h5-6,15H,1-4,7-9H2. The van der Waals surface area contributed by atoms with E-state index in [1.807, 2.05) is 0 Å². The molecule has 0 spiro atoms. The minimum absolute atomic E-state index is 0.0512. The lowest BCUT2D eigenvalue weighted by molar-refractivity contribution is -0.0169. The van der Waals surface area contributed by atoms with Crippen molar-refractivity contribution in [2.24, 2.45) is 0 Å². The van der Waals surface area contributed by atoms with Gasteiger partial charge in [-0.2, -0.15) is 0 Å². The molecule has 0 aromatic heterocycles. The van der Waals surface area contributed by atoms with Gasteiger partial charge in [0.05, 0.1) is 37.9 Å². The second kappa shape index (κ2) is 7.42. The highest BCUT2D eigenvalue weighted by Gasteiger charge is 2.21. The summed E-state index contributed by atoms with van der Waals surface area (Å²) in [5, 5.41) is 9.03. The quantitative estimate of drug-likeness (QED) is 0.752. The van der Waals surface area contributed by atoms with Gasteiger partial charge in [0, 0.05) is 16.1 Å². The van der Waals surface area contributed by atoms with Crippen molar-refractivity contribution in [3.8, 4) is 5.75 Å². The minimum Gasteiger partial charge on any atom is -0.467 e. The minimum atomic E-state index is -3.35. The number of sulfone groups is 1. The summed E-state index contributed by atoms with van der Waals surface area (Å²) in [4.78, 5) is 0. The van der Waals surface area contributed by atoms with Crippen molar-refractivity contribution in [1.29, 1.82) is 0 Å². The van der Waals surface area contributed by atoms with Crippen LogP contribution in [0.15, 0.2) is 12.1 Å². The van der Waals surface area contributed by atoms with Crippen LogP contribution < -0.4 is 4.74 Å². The molecular formula is C13H17ClO6S. The van der Waals surface area contributed by atoms with Crippen LogP contribution in [0.3, 0.4) is 0 Å². The Morgan fingerprint density at radius 1 is 1.33 bits per heavy atom. The lowest BCUT2D eigenvalue weighted by Crippen LogP contribution is -2.18. The third-order valence-corrected chi connectivity index (χ3v) is 4.66. The van der Waals surface area contributed by atoms with E-state index < -0.39 is 9.84 Å². The molecule has 0 fully saturated rings. The molecule has 1 heterocycles. The molecule has 0 radical (unpaired) electrons. The molecule has 2 rings (SSSR count). The van der Waals surface area contributed by atoms with Gasteiger partial charge >= 0.3 is 0 Å². The van der Waals surface area contributed by atoms with Gasteiger partial charge in [-0.05, 0) is 12.1 Å². The largest absolute Gasteiger partial charge is 0.467 e. The van der Waals surface area contributed by atoms with Crippen LogP contribution >= 0.6 is 11.6 Å². The molecule has 0 saturated carbocycles. The molecule has 0 atom stereocenters. The van der Waals surface area contributed by atoms with Crippen LogP contribution in [0, 0.1) is 0 Å². The van der Waals surface area contributed by atoms with E-state index in [-0.39, 0.29) is 38.1 Å². The summed E-state index contributed by atoms with van der Waals surface area (Å²) in [5.41, 5.74) is 1.28. The first-order valence-electron chi connectivity index (χ1n) is 6.43. The number of aliphatic hydroxyl groups is 1. The van der Waals surface area contributed by atoms with E-state index in [0.717, 1.165) is 5.56 Å². The normalized spacial score (nSPS) is 14.6. The van der Waals surface area contributed by atoms with Gasteiger partial charge in [-0.25, -0.2) is 8.42 Å². The Bertz CT molecular complexity index is 587. The summed E-state index contributed by atoms with van der Waals surface area (Å²) >= 11 is 6.00. The van der Waals surface area contributed by atoms with Crippen molar-refractivity contribution in [3.63, 3.8) is 0 Å². The SMILES string of the molecule is O=S(=O)(CCOCCO)Cc1cc(Cl)cc2c1OCOC2. The lowest BCUT2D eigenvalue weighted by Gasteiger charge is -2.21. The third kappa shape index (κ3) is 4.82. The average molecular weight is 337 g/mol. The van der Waals surface area contributed by atoms with Crippen molar-refractivity contribution in [1.82, 2.24) is 0 Å². The molecule has 1 N–H and O–H groups in total. The van der Waals surface area contributed by atoms with Gasteiger partial charge in [-0.15, -0.1) is 0 Å². The topological polar surface area (TPSA) is 82.1 Å². The number of ether oxygens (including phenoxy) is 3. The van der Waals surface area contributed by atoms with Gasteiger partial charge in [0.1, 0.15) is 5.75 Å². The Balaban J connectivity index is 2.09. The predicted molar refractivity (Wildman–Crippen MR) is 77.1 cm³/mol. The average Bonchev–Trinajstić information content (AvgIpc) is 2.43. The van der Waals surface area contributed by atoms with Crippen LogP contribution in [0.5, 0.6) is 5.75 Å². The Kier molecular flexibility index (Phi) is 5.83. The van der Waals surface area contributed by atoms with Gasteiger partial charge in [0.25, 0.3) is 0 Å². The number of rotatable bonds is 7. The Labute approximate surface area is 128 Å². The molecule has 0 aliphatic carbocycles. The van der Waals surface area contributed by atoms with E-state index in [1.165, 1.54) is 0 Å². The zero-order valence-corrected chi connectivity index (χ0v) is 13.0. The molecule has 0 bridgehead atoms. The Morgan fingerprint density at radius 3 is 2.90 bits per heavy atom. The fraction of sp³-hybridized carbons (Fsp3) is 0.538. The molecule has 1 aromatic rings. The molecule has 1 aromatic carbocycles. The number of halogens is 1. The van der Waals surface area contributed by atoms with E-state index in [2.05, 4.69) is 0 Å². The van der Waals surface area contributed by atoms with Crippen LogP contribution in [0.2, 0.25) is 5.02 Å². The highest BCUT2D eigenvalue weighted by atomic mass is 35.5. The highest BCUT2D eigenvalue weighted by molar-refractivity contribution is 7.90. The molecule has 1 aliphatic heterocycles. The second-order valence-corrected chi connectivity index (χ2v) is 7.21. The van der Waals surface area contributed by atoms with Crippen molar-refractivity contribution in [2.75, 3.05) is 32.4 Å². The first-order chi connectivity index (χ1) is 10.0. The molecule has 0 amide bonds. The zero-order chi connectivity index (χ0) is 15.3. The fourth-order valence-corrected chi connectivity index (χ4v) is 3.49. The van der Waals surface area contributed by atoms with Crippen molar-refractivity contribution in [3.05, 3.63) is 28.3 Å².